The van der Waals surface area contributed by atoms with Crippen LogP contribution in [0.3, 0.4) is 0 Å². The lowest BCUT2D eigenvalue weighted by Crippen LogP contribution is -2.32. The van der Waals surface area contributed by atoms with Gasteiger partial charge < -0.3 is 24.3 Å². The Hall–Kier alpha value is -1.95. The third kappa shape index (κ3) is 2.38. The summed E-state index contributed by atoms with van der Waals surface area (Å²) < 4.78 is 21.5. The molecule has 1 N–H and O–H groups in total. The summed E-state index contributed by atoms with van der Waals surface area (Å²) in [5.41, 5.74) is -0.121. The molecule has 6 heteroatoms. The van der Waals surface area contributed by atoms with Gasteiger partial charge in [-0.05, 0) is 26.0 Å². The minimum absolute atomic E-state index is 0.156. The highest BCUT2D eigenvalue weighted by Crippen LogP contribution is 2.41. The summed E-state index contributed by atoms with van der Waals surface area (Å²) >= 11 is 0. The van der Waals surface area contributed by atoms with Crippen LogP contribution in [0.2, 0.25) is 0 Å². The summed E-state index contributed by atoms with van der Waals surface area (Å²) in [7, 11) is 4.62. The molecule has 0 bridgehead atoms. The van der Waals surface area contributed by atoms with Crippen molar-refractivity contribution < 1.29 is 23.7 Å². The molecule has 20 heavy (non-hydrogen) atoms. The van der Waals surface area contributed by atoms with Crippen molar-refractivity contribution in [3.05, 3.63) is 17.7 Å². The largest absolute Gasteiger partial charge is 0.493 e. The van der Waals surface area contributed by atoms with Gasteiger partial charge in [0.15, 0.2) is 17.7 Å². The third-order valence-electron chi connectivity index (χ3n) is 3.21. The first kappa shape index (κ1) is 14.5. The first-order chi connectivity index (χ1) is 9.42. The van der Waals surface area contributed by atoms with Gasteiger partial charge in [0.2, 0.25) is 5.75 Å². The van der Waals surface area contributed by atoms with Crippen LogP contribution < -0.4 is 19.5 Å². The van der Waals surface area contributed by atoms with Gasteiger partial charge in [-0.1, -0.05) is 0 Å². The lowest BCUT2D eigenvalue weighted by Gasteiger charge is -2.18. The minimum Gasteiger partial charge on any atom is -0.493 e. The molecule has 0 aromatic heterocycles. The molecule has 1 aliphatic heterocycles. The zero-order valence-electron chi connectivity index (χ0n) is 12.3. The van der Waals surface area contributed by atoms with Crippen LogP contribution in [-0.2, 0) is 9.53 Å². The number of nitrogens with one attached hydrogen (secondary N) is 1. The Morgan fingerprint density at radius 3 is 2.00 bits per heavy atom. The molecule has 1 atom stereocenters. The molecule has 0 radical (unpaired) electrons. The molecule has 6 nitrogen and oxygen atoms in total. The van der Waals surface area contributed by atoms with Crippen LogP contribution in [0.15, 0.2) is 12.1 Å². The van der Waals surface area contributed by atoms with Crippen LogP contribution in [0.25, 0.3) is 0 Å². The highest BCUT2D eigenvalue weighted by molar-refractivity contribution is 5.86. The van der Waals surface area contributed by atoms with Gasteiger partial charge in [0.1, 0.15) is 5.60 Å². The lowest BCUT2D eigenvalue weighted by molar-refractivity contribution is -0.130. The van der Waals surface area contributed by atoms with E-state index in [0.29, 0.717) is 17.2 Å². The van der Waals surface area contributed by atoms with E-state index < -0.39 is 11.8 Å². The van der Waals surface area contributed by atoms with Crippen molar-refractivity contribution in [2.75, 3.05) is 21.3 Å². The first-order valence-electron chi connectivity index (χ1n) is 6.21. The molecule has 0 spiro atoms. The Balaban J connectivity index is 2.41. The number of hydrogen-bond donors (Lipinski definition) is 1. The van der Waals surface area contributed by atoms with E-state index in [-0.39, 0.29) is 5.91 Å². The van der Waals surface area contributed by atoms with Crippen molar-refractivity contribution in [2.24, 2.45) is 0 Å². The maximum absolute atomic E-state index is 11.8. The molecular weight excluding hydrogens is 262 g/mol. The zero-order valence-corrected chi connectivity index (χ0v) is 12.3. The zero-order chi connectivity index (χ0) is 14.9. The second kappa shape index (κ2) is 5.20. The van der Waals surface area contributed by atoms with E-state index in [9.17, 15) is 4.79 Å². The molecule has 0 aliphatic carbocycles. The van der Waals surface area contributed by atoms with Crippen molar-refractivity contribution in [1.82, 2.24) is 5.32 Å². The fourth-order valence-corrected chi connectivity index (χ4v) is 2.07. The normalized spacial score (nSPS) is 20.4. The second-order valence-electron chi connectivity index (χ2n) is 4.94. The van der Waals surface area contributed by atoms with Gasteiger partial charge >= 0.3 is 0 Å². The molecule has 1 unspecified atom stereocenters. The number of rotatable bonds is 4. The van der Waals surface area contributed by atoms with E-state index in [4.69, 9.17) is 18.9 Å². The minimum atomic E-state index is -0.856. The summed E-state index contributed by atoms with van der Waals surface area (Å²) in [4.78, 5) is 11.8. The average molecular weight is 281 g/mol. The summed E-state index contributed by atoms with van der Waals surface area (Å²) in [5.74, 6) is 1.38. The lowest BCUT2D eigenvalue weighted by atomic mass is 10.1. The quantitative estimate of drug-likeness (QED) is 0.908. The number of benzene rings is 1. The van der Waals surface area contributed by atoms with Crippen molar-refractivity contribution in [3.63, 3.8) is 0 Å². The van der Waals surface area contributed by atoms with E-state index in [2.05, 4.69) is 5.32 Å². The second-order valence-corrected chi connectivity index (χ2v) is 4.94. The van der Waals surface area contributed by atoms with Crippen LogP contribution in [0.5, 0.6) is 17.2 Å². The monoisotopic (exact) mass is 281 g/mol. The van der Waals surface area contributed by atoms with Crippen molar-refractivity contribution >= 4 is 5.91 Å². The van der Waals surface area contributed by atoms with E-state index in [1.165, 1.54) is 7.11 Å². The molecule has 1 aromatic carbocycles. The molecule has 1 saturated heterocycles. The number of carbonyl (C=O) groups excluding carboxylic acids is 1. The molecule has 2 rings (SSSR count). The van der Waals surface area contributed by atoms with Gasteiger partial charge in [-0.25, -0.2) is 0 Å². The Bertz CT molecular complexity index is 501. The molecule has 1 fully saturated rings. The molecule has 1 heterocycles. The van der Waals surface area contributed by atoms with Gasteiger partial charge in [-0.15, -0.1) is 0 Å². The van der Waals surface area contributed by atoms with E-state index in [1.54, 1.807) is 40.2 Å². The third-order valence-corrected chi connectivity index (χ3v) is 3.21. The predicted molar refractivity (Wildman–Crippen MR) is 72.1 cm³/mol. The van der Waals surface area contributed by atoms with E-state index in [0.717, 1.165) is 5.56 Å². The number of methoxy groups -OCH3 is 3. The van der Waals surface area contributed by atoms with Gasteiger partial charge in [-0.3, -0.25) is 4.79 Å². The maximum Gasteiger partial charge on any atom is 0.254 e. The van der Waals surface area contributed by atoms with Crippen LogP contribution in [0.4, 0.5) is 0 Å². The topological polar surface area (TPSA) is 66.0 Å². The van der Waals surface area contributed by atoms with E-state index in [1.807, 2.05) is 0 Å². The molecule has 1 amide bonds. The fourth-order valence-electron chi connectivity index (χ4n) is 2.07. The summed E-state index contributed by atoms with van der Waals surface area (Å²) in [6.07, 6.45) is -0.536. The summed E-state index contributed by atoms with van der Waals surface area (Å²) in [6.45, 7) is 3.45. The van der Waals surface area contributed by atoms with Crippen molar-refractivity contribution in [2.45, 2.75) is 25.7 Å². The van der Waals surface area contributed by atoms with Crippen LogP contribution in [0, 0.1) is 0 Å². The van der Waals surface area contributed by atoms with E-state index >= 15 is 0 Å². The first-order valence-corrected chi connectivity index (χ1v) is 6.21. The van der Waals surface area contributed by atoms with Gasteiger partial charge in [0, 0.05) is 5.56 Å². The maximum atomic E-state index is 11.8. The standard InChI is InChI=1S/C14H19NO5/c1-14(2)13(16)15-12(20-14)8-6-9(17-3)11(19-5)10(7-8)18-4/h6-7,12H,1-5H3,(H,15,16). The SMILES string of the molecule is COc1cc(C2NC(=O)C(C)(C)O2)cc(OC)c1OC. The van der Waals surface area contributed by atoms with Crippen LogP contribution in [-0.4, -0.2) is 32.8 Å². The predicted octanol–water partition coefficient (Wildman–Crippen LogP) is 1.64. The van der Waals surface area contributed by atoms with Gasteiger partial charge in [0.05, 0.1) is 21.3 Å². The number of ether oxygens (including phenoxy) is 4. The van der Waals surface area contributed by atoms with Crippen molar-refractivity contribution in [1.29, 1.82) is 0 Å². The number of amides is 1. The molecule has 1 aromatic rings. The molecule has 1 aliphatic rings. The molecule has 110 valence electrons. The van der Waals surface area contributed by atoms with Gasteiger partial charge in [-0.2, -0.15) is 0 Å². The van der Waals surface area contributed by atoms with Crippen LogP contribution in [0.1, 0.15) is 25.6 Å². The smallest absolute Gasteiger partial charge is 0.254 e. The Kier molecular flexibility index (Phi) is 3.76. The summed E-state index contributed by atoms with van der Waals surface area (Å²) in [6, 6.07) is 3.52. The summed E-state index contributed by atoms with van der Waals surface area (Å²) in [5, 5.41) is 2.79. The Labute approximate surface area is 118 Å². The van der Waals surface area contributed by atoms with Gasteiger partial charge in [0.25, 0.3) is 5.91 Å². The molecular formula is C14H19NO5. The molecule has 0 saturated carbocycles. The highest BCUT2D eigenvalue weighted by atomic mass is 16.5. The fraction of sp³-hybridized carbons (Fsp3) is 0.500. The van der Waals surface area contributed by atoms with Crippen LogP contribution >= 0.6 is 0 Å². The van der Waals surface area contributed by atoms with Crippen molar-refractivity contribution in [3.8, 4) is 17.2 Å². The number of carbonyl (C=O) groups is 1. The number of hydrogen-bond acceptors (Lipinski definition) is 5. The highest BCUT2D eigenvalue weighted by Gasteiger charge is 2.41. The Morgan fingerprint density at radius 1 is 1.10 bits per heavy atom. The Morgan fingerprint density at radius 2 is 1.65 bits per heavy atom. The average Bonchev–Trinajstić information content (AvgIpc) is 2.71.